The minimum Gasteiger partial charge on any atom is -0.870 e. The second-order valence-corrected chi connectivity index (χ2v) is 6.84. The molecule has 0 bridgehead atoms. The number of aromatic nitrogens is 3. The molecule has 0 aliphatic carbocycles. The van der Waals surface area contributed by atoms with E-state index in [1.165, 1.54) is 6.07 Å². The topological polar surface area (TPSA) is 67.0 Å². The molecule has 1 aliphatic rings. The Kier molecular flexibility index (Phi) is 4.68. The van der Waals surface area contributed by atoms with Gasteiger partial charge in [0.1, 0.15) is 18.0 Å². The van der Waals surface area contributed by atoms with Crippen molar-refractivity contribution in [3.05, 3.63) is 74.5 Å². The molecule has 5 nitrogen and oxygen atoms in total. The van der Waals surface area contributed by atoms with Gasteiger partial charge in [-0.05, 0) is 42.5 Å². The van der Waals surface area contributed by atoms with Gasteiger partial charge < -0.3 is 5.48 Å². The standard InChI is InChI=1S/C17H12BrFN4S.H2O/c1-22-15-9-20-16(11-4-2-3-5-13(11)19)12-8-10(18)6-7-14(12)23(15)17(24)21-22;/h2-8H,9H2,1H3;1H2. The van der Waals surface area contributed by atoms with E-state index in [2.05, 4.69) is 21.0 Å². The van der Waals surface area contributed by atoms with Gasteiger partial charge in [-0.2, -0.15) is 9.25 Å². The number of rotatable bonds is 1. The Bertz CT molecular complexity index is 1060. The Morgan fingerprint density at radius 3 is 2.76 bits per heavy atom. The third-order valence-corrected chi connectivity index (χ3v) is 4.84. The van der Waals surface area contributed by atoms with Crippen LogP contribution in [0.5, 0.6) is 0 Å². The van der Waals surface area contributed by atoms with Crippen molar-refractivity contribution in [2.45, 2.75) is 6.54 Å². The number of benzene rings is 2. The van der Waals surface area contributed by atoms with Crippen LogP contribution in [-0.2, 0) is 13.6 Å². The lowest BCUT2D eigenvalue weighted by molar-refractivity contribution is -0.611. The first-order valence-corrected chi connectivity index (χ1v) is 8.56. The molecule has 4 rings (SSSR count). The van der Waals surface area contributed by atoms with Crippen LogP contribution in [0.2, 0.25) is 0 Å². The van der Waals surface area contributed by atoms with Crippen molar-refractivity contribution in [1.29, 1.82) is 0 Å². The van der Waals surface area contributed by atoms with Crippen LogP contribution < -0.4 is 4.57 Å². The highest BCUT2D eigenvalue weighted by Crippen LogP contribution is 2.25. The summed E-state index contributed by atoms with van der Waals surface area (Å²) in [7, 11) is 1.89. The number of fused-ring (bicyclic) bond motifs is 3. The number of halogens is 2. The summed E-state index contributed by atoms with van der Waals surface area (Å²) in [5, 5.41) is 3.11. The highest BCUT2D eigenvalue weighted by Gasteiger charge is 2.27. The molecule has 0 radical (unpaired) electrons. The normalized spacial score (nSPS) is 12.5. The second kappa shape index (κ2) is 6.62. The number of aliphatic imine (C=N–C) groups is 1. The van der Waals surface area contributed by atoms with Gasteiger partial charge in [-0.15, -0.1) is 5.10 Å². The van der Waals surface area contributed by atoms with Gasteiger partial charge in [-0.25, -0.2) is 4.39 Å². The molecule has 3 aromatic rings. The van der Waals surface area contributed by atoms with E-state index in [9.17, 15) is 4.39 Å². The van der Waals surface area contributed by atoms with Crippen LogP contribution in [-0.4, -0.2) is 21.0 Å². The third-order valence-electron chi connectivity index (χ3n) is 4.07. The lowest BCUT2D eigenvalue weighted by atomic mass is 10.00. The van der Waals surface area contributed by atoms with Gasteiger partial charge in [0, 0.05) is 15.6 Å². The zero-order valence-electron chi connectivity index (χ0n) is 13.2. The first-order valence-electron chi connectivity index (χ1n) is 7.36. The molecule has 0 spiro atoms. The average molecular weight is 421 g/mol. The van der Waals surface area contributed by atoms with Crippen molar-refractivity contribution in [1.82, 2.24) is 9.78 Å². The summed E-state index contributed by atoms with van der Waals surface area (Å²) in [4.78, 5) is 4.70. The van der Waals surface area contributed by atoms with Crippen LogP contribution in [0.25, 0.3) is 5.69 Å². The summed E-state index contributed by atoms with van der Waals surface area (Å²) >= 11 is 8.96. The first kappa shape index (κ1) is 17.7. The number of H-pyrrole nitrogens is 1. The minimum absolute atomic E-state index is 0. The Hall–Kier alpha value is -2.16. The monoisotopic (exact) mass is 420 g/mol. The summed E-state index contributed by atoms with van der Waals surface area (Å²) in [6.07, 6.45) is 0. The van der Waals surface area contributed by atoms with Crippen molar-refractivity contribution < 1.29 is 14.4 Å². The Balaban J connectivity index is 0.00000182. The number of hydrogen-bond acceptors (Lipinski definition) is 3. The largest absolute Gasteiger partial charge is 0.870 e. The van der Waals surface area contributed by atoms with E-state index in [1.807, 2.05) is 40.6 Å². The van der Waals surface area contributed by atoms with E-state index < -0.39 is 0 Å². The molecule has 128 valence electrons. The van der Waals surface area contributed by atoms with E-state index >= 15 is 0 Å². The molecule has 0 saturated carbocycles. The van der Waals surface area contributed by atoms with E-state index in [0.29, 0.717) is 22.6 Å². The lowest BCUT2D eigenvalue weighted by Crippen LogP contribution is -2.36. The van der Waals surface area contributed by atoms with Crippen molar-refractivity contribution in [3.63, 3.8) is 0 Å². The van der Waals surface area contributed by atoms with Gasteiger partial charge in [0.2, 0.25) is 0 Å². The minimum atomic E-state index is -0.289. The number of nitrogens with one attached hydrogen (secondary N) is 1. The zero-order valence-corrected chi connectivity index (χ0v) is 15.6. The van der Waals surface area contributed by atoms with Crippen molar-refractivity contribution >= 4 is 33.9 Å². The maximum Gasteiger partial charge on any atom is 0.328 e. The molecule has 2 N–H and O–H groups in total. The molecular formula is C17H14BrFN4OS. The molecule has 25 heavy (non-hydrogen) atoms. The lowest BCUT2D eigenvalue weighted by Gasteiger charge is -2.10. The van der Waals surface area contributed by atoms with Crippen LogP contribution in [0.1, 0.15) is 17.0 Å². The summed E-state index contributed by atoms with van der Waals surface area (Å²) in [6, 6.07) is 12.6. The molecule has 0 amide bonds. The predicted octanol–water partition coefficient (Wildman–Crippen LogP) is 3.44. The van der Waals surface area contributed by atoms with Crippen LogP contribution in [0, 0.1) is 10.6 Å². The SMILES string of the molecule is Cn1[nH]c(=S)[n+]2c1CN=C(c1ccccc1F)c1cc(Br)ccc1-2.[OH-]. The molecule has 2 heterocycles. The van der Waals surface area contributed by atoms with Crippen molar-refractivity contribution in [2.24, 2.45) is 12.0 Å². The average Bonchev–Trinajstić information content (AvgIpc) is 2.74. The van der Waals surface area contributed by atoms with Crippen LogP contribution in [0.15, 0.2) is 51.9 Å². The molecule has 0 saturated heterocycles. The zero-order chi connectivity index (χ0) is 16.8. The fourth-order valence-electron chi connectivity index (χ4n) is 2.96. The second-order valence-electron chi connectivity index (χ2n) is 5.53. The van der Waals surface area contributed by atoms with Gasteiger partial charge in [-0.3, -0.25) is 4.99 Å². The van der Waals surface area contributed by atoms with Gasteiger partial charge in [0.25, 0.3) is 5.82 Å². The van der Waals surface area contributed by atoms with Crippen LogP contribution in [0.4, 0.5) is 4.39 Å². The maximum atomic E-state index is 14.4. The van der Waals surface area contributed by atoms with E-state index in [0.717, 1.165) is 21.5 Å². The Morgan fingerprint density at radius 1 is 1.24 bits per heavy atom. The van der Waals surface area contributed by atoms with E-state index in [4.69, 9.17) is 17.2 Å². The quantitative estimate of drug-likeness (QED) is 0.483. The number of aromatic amines is 1. The molecule has 1 aromatic heterocycles. The fourth-order valence-corrected chi connectivity index (χ4v) is 3.66. The fraction of sp³-hybridized carbons (Fsp3) is 0.118. The number of aryl methyl sites for hydroxylation is 1. The smallest absolute Gasteiger partial charge is 0.328 e. The number of hydrogen-bond donors (Lipinski definition) is 1. The summed E-state index contributed by atoms with van der Waals surface area (Å²) in [6.45, 7) is 0.402. The van der Waals surface area contributed by atoms with Gasteiger partial charge in [-0.1, -0.05) is 28.1 Å². The summed E-state index contributed by atoms with van der Waals surface area (Å²) in [5.74, 6) is 0.623. The molecule has 0 atom stereocenters. The van der Waals surface area contributed by atoms with Crippen LogP contribution >= 0.6 is 28.1 Å². The van der Waals surface area contributed by atoms with Gasteiger partial charge in [0.15, 0.2) is 0 Å². The highest BCUT2D eigenvalue weighted by molar-refractivity contribution is 9.10. The van der Waals surface area contributed by atoms with E-state index in [-0.39, 0.29) is 11.3 Å². The maximum absolute atomic E-state index is 14.4. The summed E-state index contributed by atoms with van der Waals surface area (Å²) in [5.41, 5.74) is 2.83. The predicted molar refractivity (Wildman–Crippen MR) is 97.5 cm³/mol. The molecule has 0 unspecified atom stereocenters. The highest BCUT2D eigenvalue weighted by atomic mass is 79.9. The Labute approximate surface area is 156 Å². The van der Waals surface area contributed by atoms with Gasteiger partial charge >= 0.3 is 4.77 Å². The van der Waals surface area contributed by atoms with Crippen LogP contribution in [0.3, 0.4) is 0 Å². The molecule has 0 fully saturated rings. The molecule has 8 heteroatoms. The van der Waals surface area contributed by atoms with Crippen molar-refractivity contribution in [3.8, 4) is 5.69 Å². The Morgan fingerprint density at radius 2 is 2.00 bits per heavy atom. The van der Waals surface area contributed by atoms with Crippen molar-refractivity contribution in [2.75, 3.05) is 0 Å². The summed E-state index contributed by atoms with van der Waals surface area (Å²) < 4.78 is 19.7. The van der Waals surface area contributed by atoms with E-state index in [1.54, 1.807) is 12.1 Å². The van der Waals surface area contributed by atoms with Gasteiger partial charge in [0.05, 0.1) is 12.8 Å². The molecular weight excluding hydrogens is 407 g/mol. The molecule has 1 aliphatic heterocycles. The number of nitrogens with zero attached hydrogens (tertiary/aromatic N) is 3. The third kappa shape index (κ3) is 2.86. The molecule has 2 aromatic carbocycles. The first-order chi connectivity index (χ1) is 11.6.